The molecule has 2 bridgehead atoms. The van der Waals surface area contributed by atoms with Gasteiger partial charge in [-0.15, -0.1) is 0 Å². The van der Waals surface area contributed by atoms with E-state index >= 15 is 0 Å². The summed E-state index contributed by atoms with van der Waals surface area (Å²) in [5.74, 6) is -0.0820. The number of aliphatic hydroxyl groups is 1. The lowest BCUT2D eigenvalue weighted by atomic mass is 9.85. The molecule has 0 aliphatic carbocycles. The molecule has 2 amide bonds. The summed E-state index contributed by atoms with van der Waals surface area (Å²) < 4.78 is 2.07. The number of amides is 2. The quantitative estimate of drug-likeness (QED) is 0.870. The van der Waals surface area contributed by atoms with Crippen molar-refractivity contribution in [2.45, 2.75) is 56.3 Å². The zero-order chi connectivity index (χ0) is 19.5. The second-order valence-electron chi connectivity index (χ2n) is 8.82. The molecule has 2 aromatic heterocycles. The van der Waals surface area contributed by atoms with E-state index in [1.807, 2.05) is 29.4 Å². The fourth-order valence-corrected chi connectivity index (χ4v) is 5.53. The van der Waals surface area contributed by atoms with E-state index in [1.165, 1.54) is 0 Å². The van der Waals surface area contributed by atoms with Crippen molar-refractivity contribution < 1.29 is 14.7 Å². The van der Waals surface area contributed by atoms with Gasteiger partial charge >= 0.3 is 0 Å². The lowest BCUT2D eigenvalue weighted by Crippen LogP contribution is -2.56. The summed E-state index contributed by atoms with van der Waals surface area (Å²) in [4.78, 5) is 32.8. The molecule has 2 aromatic rings. The monoisotopic (exact) mass is 382 g/mol. The second-order valence-corrected chi connectivity index (χ2v) is 8.82. The maximum Gasteiger partial charge on any atom is 0.228 e. The predicted molar refractivity (Wildman–Crippen MR) is 103 cm³/mol. The topological polar surface area (TPSA) is 78.7 Å². The number of hydrogen-bond acceptors (Lipinski definition) is 4. The maximum atomic E-state index is 13.1. The van der Waals surface area contributed by atoms with E-state index in [4.69, 9.17) is 0 Å². The van der Waals surface area contributed by atoms with Gasteiger partial charge in [-0.05, 0) is 37.8 Å². The largest absolute Gasteiger partial charge is 0.388 e. The van der Waals surface area contributed by atoms with Crippen molar-refractivity contribution >= 4 is 22.7 Å². The Balaban J connectivity index is 1.33. The minimum atomic E-state index is -0.827. The first-order valence-corrected chi connectivity index (χ1v) is 10.1. The van der Waals surface area contributed by atoms with Gasteiger partial charge in [0.15, 0.2) is 0 Å². The molecule has 5 heterocycles. The van der Waals surface area contributed by atoms with Gasteiger partial charge in [0.05, 0.1) is 29.8 Å². The van der Waals surface area contributed by atoms with Gasteiger partial charge in [0.1, 0.15) is 0 Å². The van der Waals surface area contributed by atoms with Crippen molar-refractivity contribution in [1.29, 1.82) is 0 Å². The van der Waals surface area contributed by atoms with E-state index in [-0.39, 0.29) is 29.8 Å². The van der Waals surface area contributed by atoms with Crippen molar-refractivity contribution in [1.82, 2.24) is 19.4 Å². The average molecular weight is 382 g/mol. The van der Waals surface area contributed by atoms with Gasteiger partial charge in [-0.1, -0.05) is 0 Å². The SMILES string of the molecule is CN1C[C@H](C(=O)N2[C@H]3CC[C@H]2CC(O)(Cn2ccc4ccncc42)C3)CC1=O. The van der Waals surface area contributed by atoms with Crippen molar-refractivity contribution in [3.05, 3.63) is 30.7 Å². The first-order chi connectivity index (χ1) is 13.4. The molecule has 7 nitrogen and oxygen atoms in total. The third kappa shape index (κ3) is 2.80. The molecule has 3 atom stereocenters. The van der Waals surface area contributed by atoms with E-state index < -0.39 is 5.60 Å². The summed E-state index contributed by atoms with van der Waals surface area (Å²) in [7, 11) is 1.76. The molecule has 3 aliphatic rings. The molecular weight excluding hydrogens is 356 g/mol. The Labute approximate surface area is 163 Å². The first kappa shape index (κ1) is 17.7. The Hall–Kier alpha value is -2.41. The average Bonchev–Trinajstić information content (AvgIpc) is 3.30. The van der Waals surface area contributed by atoms with Crippen LogP contribution in [0.1, 0.15) is 32.1 Å². The van der Waals surface area contributed by atoms with Gasteiger partial charge in [0.2, 0.25) is 11.8 Å². The summed E-state index contributed by atoms with van der Waals surface area (Å²) in [6.45, 7) is 1.03. The minimum absolute atomic E-state index is 0.0484. The maximum absolute atomic E-state index is 13.1. The number of likely N-dealkylation sites (tertiary alicyclic amines) is 1. The van der Waals surface area contributed by atoms with Gasteiger partial charge < -0.3 is 19.5 Å². The molecule has 3 aliphatic heterocycles. The third-order valence-corrected chi connectivity index (χ3v) is 6.84. The van der Waals surface area contributed by atoms with Gasteiger partial charge in [0, 0.05) is 49.9 Å². The molecule has 0 saturated carbocycles. The second kappa shape index (κ2) is 6.30. The van der Waals surface area contributed by atoms with Crippen LogP contribution in [0.4, 0.5) is 0 Å². The zero-order valence-corrected chi connectivity index (χ0v) is 16.1. The van der Waals surface area contributed by atoms with Crippen LogP contribution in [0.15, 0.2) is 30.7 Å². The molecular formula is C21H26N4O3. The molecule has 28 heavy (non-hydrogen) atoms. The number of rotatable bonds is 3. The fraction of sp³-hybridized carbons (Fsp3) is 0.571. The summed E-state index contributed by atoms with van der Waals surface area (Å²) in [6, 6.07) is 4.15. The molecule has 0 unspecified atom stereocenters. The Morgan fingerprint density at radius 1 is 1.29 bits per heavy atom. The Morgan fingerprint density at radius 2 is 2.04 bits per heavy atom. The summed E-state index contributed by atoms with van der Waals surface area (Å²) >= 11 is 0. The van der Waals surface area contributed by atoms with Crippen LogP contribution in [-0.2, 0) is 16.1 Å². The van der Waals surface area contributed by atoms with E-state index in [0.717, 1.165) is 23.7 Å². The Kier molecular flexibility index (Phi) is 3.98. The molecule has 0 spiro atoms. The van der Waals surface area contributed by atoms with Crippen molar-refractivity contribution in [3.63, 3.8) is 0 Å². The van der Waals surface area contributed by atoms with Crippen LogP contribution in [0.5, 0.6) is 0 Å². The molecule has 7 heteroatoms. The number of pyridine rings is 1. The Bertz CT molecular complexity index is 925. The predicted octanol–water partition coefficient (Wildman–Crippen LogP) is 1.40. The molecule has 148 valence electrons. The van der Waals surface area contributed by atoms with Crippen LogP contribution in [0, 0.1) is 5.92 Å². The van der Waals surface area contributed by atoms with Crippen molar-refractivity contribution in [3.8, 4) is 0 Å². The summed E-state index contributed by atoms with van der Waals surface area (Å²) in [6.07, 6.45) is 8.97. The standard InChI is InChI=1S/C21H26N4O3/c1-23-12-15(8-19(23)26)20(27)25-16-2-3-17(25)10-21(28,9-16)13-24-7-5-14-4-6-22-11-18(14)24/h4-7,11,15-17,28H,2-3,8-10,12-13H2,1H3/t15-,16+,17+/m1/s1. The lowest BCUT2D eigenvalue weighted by molar-refractivity contribution is -0.146. The van der Waals surface area contributed by atoms with Crippen LogP contribution in [-0.4, -0.2) is 67.5 Å². The minimum Gasteiger partial charge on any atom is -0.388 e. The summed E-state index contributed by atoms with van der Waals surface area (Å²) in [5, 5.41) is 12.5. The van der Waals surface area contributed by atoms with Crippen molar-refractivity contribution in [2.75, 3.05) is 13.6 Å². The molecule has 0 radical (unpaired) electrons. The molecule has 5 rings (SSSR count). The Morgan fingerprint density at radius 3 is 2.71 bits per heavy atom. The van der Waals surface area contributed by atoms with E-state index in [9.17, 15) is 14.7 Å². The van der Waals surface area contributed by atoms with E-state index in [2.05, 4.69) is 9.55 Å². The molecule has 3 fully saturated rings. The lowest BCUT2D eigenvalue weighted by Gasteiger charge is -2.44. The molecule has 1 N–H and O–H groups in total. The highest BCUT2D eigenvalue weighted by Gasteiger charge is 2.51. The van der Waals surface area contributed by atoms with Gasteiger partial charge in [0.25, 0.3) is 0 Å². The van der Waals surface area contributed by atoms with Crippen LogP contribution in [0.25, 0.3) is 10.9 Å². The third-order valence-electron chi connectivity index (χ3n) is 6.84. The summed E-state index contributed by atoms with van der Waals surface area (Å²) in [5.41, 5.74) is 0.196. The van der Waals surface area contributed by atoms with E-state index in [0.29, 0.717) is 32.4 Å². The highest BCUT2D eigenvalue weighted by atomic mass is 16.3. The van der Waals surface area contributed by atoms with Crippen LogP contribution in [0.3, 0.4) is 0 Å². The highest BCUT2D eigenvalue weighted by Crippen LogP contribution is 2.43. The normalized spacial score (nSPS) is 32.5. The number of fused-ring (bicyclic) bond motifs is 3. The van der Waals surface area contributed by atoms with Crippen LogP contribution in [0.2, 0.25) is 0 Å². The first-order valence-electron chi connectivity index (χ1n) is 10.1. The van der Waals surface area contributed by atoms with E-state index in [1.54, 1.807) is 18.1 Å². The van der Waals surface area contributed by atoms with Gasteiger partial charge in [-0.2, -0.15) is 0 Å². The van der Waals surface area contributed by atoms with Gasteiger partial charge in [-0.25, -0.2) is 0 Å². The highest BCUT2D eigenvalue weighted by molar-refractivity contribution is 5.89. The number of carbonyl (C=O) groups excluding carboxylic acids is 2. The number of piperidine rings is 1. The number of nitrogens with zero attached hydrogens (tertiary/aromatic N) is 4. The smallest absolute Gasteiger partial charge is 0.228 e. The fourth-order valence-electron chi connectivity index (χ4n) is 5.53. The number of carbonyl (C=O) groups is 2. The number of aromatic nitrogens is 2. The number of hydrogen-bond donors (Lipinski definition) is 1. The van der Waals surface area contributed by atoms with Crippen LogP contribution < -0.4 is 0 Å². The molecule has 3 saturated heterocycles. The molecule has 0 aromatic carbocycles. The van der Waals surface area contributed by atoms with Crippen molar-refractivity contribution in [2.24, 2.45) is 5.92 Å². The van der Waals surface area contributed by atoms with Gasteiger partial charge in [-0.3, -0.25) is 14.6 Å². The van der Waals surface area contributed by atoms with Crippen LogP contribution >= 0.6 is 0 Å². The zero-order valence-electron chi connectivity index (χ0n) is 16.1.